The molecule has 0 unspecified atom stereocenters. The van der Waals surface area contributed by atoms with E-state index >= 15 is 0 Å². The van der Waals surface area contributed by atoms with Crippen molar-refractivity contribution in [2.24, 2.45) is 0 Å². The number of ether oxygens (including phenoxy) is 1. The van der Waals surface area contributed by atoms with Crippen LogP contribution in [-0.4, -0.2) is 29.3 Å². The lowest BCUT2D eigenvalue weighted by atomic mass is 10.1. The molecular formula is C25H20Cl3N3O2. The van der Waals surface area contributed by atoms with E-state index in [2.05, 4.69) is 10.4 Å². The number of carbonyl (C=O) groups excluding carboxylic acids is 1. The highest BCUT2D eigenvalue weighted by atomic mass is 35.5. The minimum Gasteiger partial charge on any atom is -0.497 e. The first-order chi connectivity index (χ1) is 16.0. The van der Waals surface area contributed by atoms with E-state index in [1.165, 1.54) is 0 Å². The number of para-hydroxylation sites is 1. The predicted octanol–water partition coefficient (Wildman–Crippen LogP) is 6.48. The summed E-state index contributed by atoms with van der Waals surface area (Å²) in [7, 11) is 1.61. The fourth-order valence-electron chi connectivity index (χ4n) is 3.38. The van der Waals surface area contributed by atoms with Gasteiger partial charge in [-0.2, -0.15) is 5.10 Å². The highest BCUT2D eigenvalue weighted by Gasteiger charge is 2.19. The molecule has 4 aromatic rings. The van der Waals surface area contributed by atoms with Gasteiger partial charge in [-0.1, -0.05) is 53.0 Å². The van der Waals surface area contributed by atoms with Crippen LogP contribution in [0.1, 0.15) is 16.1 Å². The zero-order chi connectivity index (χ0) is 23.4. The molecule has 0 aliphatic heterocycles. The molecule has 3 aromatic carbocycles. The summed E-state index contributed by atoms with van der Waals surface area (Å²) in [6.45, 7) is 0.395. The van der Waals surface area contributed by atoms with E-state index in [4.69, 9.17) is 39.5 Å². The van der Waals surface area contributed by atoms with E-state index in [0.717, 1.165) is 16.9 Å². The largest absolute Gasteiger partial charge is 0.497 e. The van der Waals surface area contributed by atoms with Crippen LogP contribution in [0, 0.1) is 0 Å². The number of carbonyl (C=O) groups is 1. The van der Waals surface area contributed by atoms with Crippen LogP contribution in [-0.2, 0) is 6.42 Å². The van der Waals surface area contributed by atoms with Gasteiger partial charge in [0.15, 0.2) is 0 Å². The van der Waals surface area contributed by atoms with Crippen LogP contribution in [0.5, 0.6) is 5.75 Å². The topological polar surface area (TPSA) is 56.1 Å². The molecule has 1 N–H and O–H groups in total. The summed E-state index contributed by atoms with van der Waals surface area (Å²) in [5.74, 6) is 0.468. The summed E-state index contributed by atoms with van der Waals surface area (Å²) in [6.07, 6.45) is 0.563. The average Bonchev–Trinajstić information content (AvgIpc) is 3.26. The lowest BCUT2D eigenvalue weighted by molar-refractivity contribution is 0.0946. The molecule has 0 spiro atoms. The fourth-order valence-corrected chi connectivity index (χ4v) is 4.10. The molecule has 168 valence electrons. The maximum atomic E-state index is 13.1. The predicted molar refractivity (Wildman–Crippen MR) is 133 cm³/mol. The van der Waals surface area contributed by atoms with Gasteiger partial charge in [0.25, 0.3) is 5.91 Å². The normalized spacial score (nSPS) is 10.8. The number of hydrogen-bond acceptors (Lipinski definition) is 3. The Morgan fingerprint density at radius 1 is 0.970 bits per heavy atom. The first kappa shape index (κ1) is 23.2. The summed E-state index contributed by atoms with van der Waals surface area (Å²) in [5.41, 5.74) is 3.38. The zero-order valence-corrected chi connectivity index (χ0v) is 20.0. The molecule has 0 fully saturated rings. The molecule has 5 nitrogen and oxygen atoms in total. The summed E-state index contributed by atoms with van der Waals surface area (Å²) >= 11 is 18.6. The Bertz CT molecular complexity index is 1290. The van der Waals surface area contributed by atoms with E-state index in [9.17, 15) is 4.79 Å². The minimum absolute atomic E-state index is 0.271. The van der Waals surface area contributed by atoms with Crippen molar-refractivity contribution in [3.05, 3.63) is 99.1 Å². The second-order valence-corrected chi connectivity index (χ2v) is 8.50. The van der Waals surface area contributed by atoms with Crippen molar-refractivity contribution in [3.63, 3.8) is 0 Å². The second kappa shape index (κ2) is 10.3. The average molecular weight is 501 g/mol. The molecular weight excluding hydrogens is 481 g/mol. The Hall–Kier alpha value is -2.99. The Morgan fingerprint density at radius 2 is 1.73 bits per heavy atom. The number of halogens is 3. The Balaban J connectivity index is 1.61. The number of benzene rings is 3. The number of nitrogens with one attached hydrogen (secondary N) is 1. The fraction of sp³-hybridized carbons (Fsp3) is 0.120. The smallest absolute Gasteiger partial charge is 0.270 e. The van der Waals surface area contributed by atoms with Crippen molar-refractivity contribution in [2.75, 3.05) is 13.7 Å². The molecule has 0 aliphatic carbocycles. The minimum atomic E-state index is -0.271. The highest BCUT2D eigenvalue weighted by molar-refractivity contribution is 6.35. The second-order valence-electron chi connectivity index (χ2n) is 7.25. The summed E-state index contributed by atoms with van der Waals surface area (Å²) < 4.78 is 6.79. The van der Waals surface area contributed by atoms with Crippen LogP contribution in [0.25, 0.3) is 16.9 Å². The third-order valence-corrected chi connectivity index (χ3v) is 6.01. The molecule has 0 aliphatic rings. The van der Waals surface area contributed by atoms with Crippen LogP contribution in [0.2, 0.25) is 15.1 Å². The molecule has 1 amide bonds. The molecule has 0 saturated carbocycles. The van der Waals surface area contributed by atoms with Crippen molar-refractivity contribution in [1.82, 2.24) is 15.1 Å². The molecule has 1 aromatic heterocycles. The van der Waals surface area contributed by atoms with Crippen molar-refractivity contribution in [2.45, 2.75) is 6.42 Å². The third kappa shape index (κ3) is 5.33. The van der Waals surface area contributed by atoms with Gasteiger partial charge in [-0.05, 0) is 66.6 Å². The summed E-state index contributed by atoms with van der Waals surface area (Å²) in [4.78, 5) is 13.1. The van der Waals surface area contributed by atoms with Gasteiger partial charge in [0.2, 0.25) is 0 Å². The number of methoxy groups -OCH3 is 1. The van der Waals surface area contributed by atoms with E-state index in [1.807, 2.05) is 48.5 Å². The van der Waals surface area contributed by atoms with Gasteiger partial charge in [0, 0.05) is 22.2 Å². The maximum absolute atomic E-state index is 13.1. The molecule has 0 radical (unpaired) electrons. The van der Waals surface area contributed by atoms with E-state index < -0.39 is 0 Å². The highest BCUT2D eigenvalue weighted by Crippen LogP contribution is 2.27. The monoisotopic (exact) mass is 499 g/mol. The van der Waals surface area contributed by atoms with Gasteiger partial charge in [-0.15, -0.1) is 0 Å². The van der Waals surface area contributed by atoms with Gasteiger partial charge in [0.1, 0.15) is 11.4 Å². The van der Waals surface area contributed by atoms with Gasteiger partial charge >= 0.3 is 0 Å². The first-order valence-electron chi connectivity index (χ1n) is 10.2. The van der Waals surface area contributed by atoms with Crippen molar-refractivity contribution in [3.8, 4) is 22.7 Å². The number of nitrogens with zero attached hydrogens (tertiary/aromatic N) is 2. The van der Waals surface area contributed by atoms with Crippen LogP contribution >= 0.6 is 34.8 Å². The summed E-state index contributed by atoms with van der Waals surface area (Å²) in [6, 6.07) is 21.8. The number of aromatic nitrogens is 2. The Morgan fingerprint density at radius 3 is 2.42 bits per heavy atom. The van der Waals surface area contributed by atoms with Gasteiger partial charge in [-0.3, -0.25) is 4.79 Å². The first-order valence-corrected chi connectivity index (χ1v) is 11.3. The van der Waals surface area contributed by atoms with Crippen LogP contribution < -0.4 is 10.1 Å². The summed E-state index contributed by atoms with van der Waals surface area (Å²) in [5, 5.41) is 9.25. The Labute approximate surface area is 206 Å². The molecule has 8 heteroatoms. The molecule has 4 rings (SSSR count). The Kier molecular flexibility index (Phi) is 7.23. The standard InChI is InChI=1S/C25H20Cl3N3O2/c1-33-19-10-7-17(8-11-19)22-15-24(31(30-22)23-5-3-2-4-20(23)27)25(32)29-13-12-16-6-9-18(26)14-21(16)28/h2-11,14-15H,12-13H2,1H3,(H,29,32). The number of rotatable bonds is 7. The third-order valence-electron chi connectivity index (χ3n) is 5.10. The molecule has 33 heavy (non-hydrogen) atoms. The van der Waals surface area contributed by atoms with E-state index in [1.54, 1.807) is 36.1 Å². The van der Waals surface area contributed by atoms with Gasteiger partial charge < -0.3 is 10.1 Å². The lowest BCUT2D eigenvalue weighted by Gasteiger charge is -2.10. The zero-order valence-electron chi connectivity index (χ0n) is 17.7. The quantitative estimate of drug-likeness (QED) is 0.316. The van der Waals surface area contributed by atoms with Crippen LogP contribution in [0.4, 0.5) is 0 Å². The van der Waals surface area contributed by atoms with Crippen molar-refractivity contribution < 1.29 is 9.53 Å². The van der Waals surface area contributed by atoms with Crippen molar-refractivity contribution >= 4 is 40.7 Å². The molecule has 0 atom stereocenters. The number of hydrogen-bond donors (Lipinski definition) is 1. The number of amides is 1. The SMILES string of the molecule is COc1ccc(-c2cc(C(=O)NCCc3ccc(Cl)cc3Cl)n(-c3ccccc3Cl)n2)cc1. The van der Waals surface area contributed by atoms with E-state index in [0.29, 0.717) is 45.1 Å². The van der Waals surface area contributed by atoms with Crippen LogP contribution in [0.15, 0.2) is 72.8 Å². The molecule has 1 heterocycles. The van der Waals surface area contributed by atoms with Crippen molar-refractivity contribution in [1.29, 1.82) is 0 Å². The van der Waals surface area contributed by atoms with Gasteiger partial charge in [0.05, 0.1) is 23.5 Å². The maximum Gasteiger partial charge on any atom is 0.270 e. The van der Waals surface area contributed by atoms with Gasteiger partial charge in [-0.25, -0.2) is 4.68 Å². The lowest BCUT2D eigenvalue weighted by Crippen LogP contribution is -2.28. The van der Waals surface area contributed by atoms with Crippen LogP contribution in [0.3, 0.4) is 0 Å². The molecule has 0 saturated heterocycles. The molecule has 0 bridgehead atoms. The van der Waals surface area contributed by atoms with E-state index in [-0.39, 0.29) is 5.91 Å².